The van der Waals surface area contributed by atoms with Crippen LogP contribution in [0.3, 0.4) is 0 Å². The lowest BCUT2D eigenvalue weighted by molar-refractivity contribution is -0.113. The van der Waals surface area contributed by atoms with Gasteiger partial charge in [-0.3, -0.25) is 14.6 Å². The smallest absolute Gasteiger partial charge is 0.239 e. The van der Waals surface area contributed by atoms with Gasteiger partial charge < -0.3 is 10.3 Å². The summed E-state index contributed by atoms with van der Waals surface area (Å²) in [6.07, 6.45) is 1.57. The summed E-state index contributed by atoms with van der Waals surface area (Å²) in [6.45, 7) is 1.87. The van der Waals surface area contributed by atoms with Crippen molar-refractivity contribution < 1.29 is 9.59 Å². The first kappa shape index (κ1) is 16.5. The van der Waals surface area contributed by atoms with E-state index in [4.69, 9.17) is 23.2 Å². The number of H-pyrrole nitrogens is 1. The number of nitrogens with one attached hydrogen (secondary N) is 2. The van der Waals surface area contributed by atoms with Crippen LogP contribution in [0, 0.1) is 6.92 Å². The maximum atomic E-state index is 12.8. The summed E-state index contributed by atoms with van der Waals surface area (Å²) in [5.41, 5.74) is 2.46. The summed E-state index contributed by atoms with van der Waals surface area (Å²) in [7, 11) is 0. The monoisotopic (exact) mass is 361 g/mol. The molecule has 0 spiro atoms. The number of ketones is 1. The normalized spacial score (nSPS) is 10.8. The summed E-state index contributed by atoms with van der Waals surface area (Å²) in [5.74, 6) is -0.939. The average Bonchev–Trinajstić information content (AvgIpc) is 2.91. The van der Waals surface area contributed by atoms with E-state index < -0.39 is 5.91 Å². The van der Waals surface area contributed by atoms with Crippen LogP contribution in [0.25, 0.3) is 10.9 Å². The van der Waals surface area contributed by atoms with Crippen molar-refractivity contribution in [1.29, 1.82) is 0 Å². The number of pyridine rings is 1. The summed E-state index contributed by atoms with van der Waals surface area (Å²) in [5, 5.41) is 3.87. The van der Waals surface area contributed by atoms with Crippen LogP contribution in [0.15, 0.2) is 36.5 Å². The number of aromatic amines is 1. The van der Waals surface area contributed by atoms with Gasteiger partial charge in [-0.15, -0.1) is 11.6 Å². The van der Waals surface area contributed by atoms with Crippen molar-refractivity contribution in [3.8, 4) is 0 Å². The van der Waals surface area contributed by atoms with E-state index in [-0.39, 0.29) is 23.1 Å². The minimum absolute atomic E-state index is 0.212. The molecule has 2 N–H and O–H groups in total. The van der Waals surface area contributed by atoms with E-state index in [1.165, 1.54) is 0 Å². The highest BCUT2D eigenvalue weighted by Crippen LogP contribution is 2.31. The zero-order valence-corrected chi connectivity index (χ0v) is 14.2. The molecule has 0 aliphatic heterocycles. The van der Waals surface area contributed by atoms with Crippen LogP contribution in [0.5, 0.6) is 0 Å². The Hall–Kier alpha value is -2.37. The molecule has 0 fully saturated rings. The molecule has 0 unspecified atom stereocenters. The van der Waals surface area contributed by atoms with Gasteiger partial charge >= 0.3 is 0 Å². The molecule has 3 rings (SSSR count). The summed E-state index contributed by atoms with van der Waals surface area (Å²) in [6, 6.07) is 8.60. The van der Waals surface area contributed by atoms with E-state index in [0.717, 1.165) is 5.56 Å². The van der Waals surface area contributed by atoms with Crippen molar-refractivity contribution in [2.24, 2.45) is 0 Å². The molecule has 3 aromatic rings. The van der Waals surface area contributed by atoms with Gasteiger partial charge in [0.2, 0.25) is 11.7 Å². The predicted molar refractivity (Wildman–Crippen MR) is 95.1 cm³/mol. The lowest BCUT2D eigenvalue weighted by Gasteiger charge is -2.06. The van der Waals surface area contributed by atoms with E-state index >= 15 is 0 Å². The summed E-state index contributed by atoms with van der Waals surface area (Å²) in [4.78, 5) is 31.7. The maximum absolute atomic E-state index is 12.8. The van der Waals surface area contributed by atoms with Crippen molar-refractivity contribution in [2.75, 3.05) is 11.2 Å². The molecule has 0 saturated heterocycles. The quantitative estimate of drug-likeness (QED) is 0.545. The first-order valence-electron chi connectivity index (χ1n) is 7.14. The Morgan fingerprint density at radius 2 is 2.04 bits per heavy atom. The lowest BCUT2D eigenvalue weighted by Crippen LogP contribution is -2.15. The molecule has 0 bridgehead atoms. The zero-order chi connectivity index (χ0) is 17.3. The number of hydrogen-bond donors (Lipinski definition) is 2. The molecule has 7 heteroatoms. The van der Waals surface area contributed by atoms with E-state index in [1.54, 1.807) is 36.5 Å². The van der Waals surface area contributed by atoms with Crippen LogP contribution in [0.2, 0.25) is 5.02 Å². The molecule has 122 valence electrons. The molecule has 1 amide bonds. The Balaban J connectivity index is 2.16. The molecule has 24 heavy (non-hydrogen) atoms. The number of anilines is 1. The highest BCUT2D eigenvalue weighted by molar-refractivity contribution is 6.32. The van der Waals surface area contributed by atoms with Gasteiger partial charge in [-0.1, -0.05) is 11.6 Å². The van der Waals surface area contributed by atoms with Gasteiger partial charge in [0.05, 0.1) is 5.69 Å². The number of hydrogen-bond acceptors (Lipinski definition) is 3. The van der Waals surface area contributed by atoms with Gasteiger partial charge in [-0.25, -0.2) is 0 Å². The second-order valence-corrected chi connectivity index (χ2v) is 6.00. The van der Waals surface area contributed by atoms with E-state index in [1.807, 2.05) is 6.92 Å². The number of alkyl halides is 1. The number of rotatable bonds is 4. The van der Waals surface area contributed by atoms with Crippen molar-refractivity contribution in [3.05, 3.63) is 58.5 Å². The fourth-order valence-electron chi connectivity index (χ4n) is 2.43. The number of halogens is 2. The number of fused-ring (bicyclic) bond motifs is 1. The molecular formula is C17H13Cl2N3O2. The molecule has 0 saturated carbocycles. The Kier molecular flexibility index (Phi) is 4.55. The lowest BCUT2D eigenvalue weighted by atomic mass is 10.1. The van der Waals surface area contributed by atoms with Crippen molar-refractivity contribution in [1.82, 2.24) is 9.97 Å². The molecule has 1 aromatic carbocycles. The van der Waals surface area contributed by atoms with E-state index in [0.29, 0.717) is 21.6 Å². The molecule has 0 aliphatic carbocycles. The summed E-state index contributed by atoms with van der Waals surface area (Å²) < 4.78 is 0. The number of aryl methyl sites for hydroxylation is 1. The highest BCUT2D eigenvalue weighted by Gasteiger charge is 2.21. The first-order valence-corrected chi connectivity index (χ1v) is 8.05. The van der Waals surface area contributed by atoms with Gasteiger partial charge in [0, 0.05) is 22.1 Å². The Labute approximate surface area is 148 Å². The SMILES string of the molecule is Cc1ccnc(C(=O)c2[nH]c3cc(Cl)ccc3c2NC(=O)CCl)c1. The van der Waals surface area contributed by atoms with Crippen molar-refractivity contribution in [3.63, 3.8) is 0 Å². The summed E-state index contributed by atoms with van der Waals surface area (Å²) >= 11 is 11.6. The molecular weight excluding hydrogens is 349 g/mol. The van der Waals surface area contributed by atoms with Gasteiger partial charge in [0.15, 0.2) is 0 Å². The van der Waals surface area contributed by atoms with Crippen LogP contribution in [0.4, 0.5) is 5.69 Å². The number of nitrogens with zero attached hydrogens (tertiary/aromatic N) is 1. The van der Waals surface area contributed by atoms with Crippen LogP contribution in [-0.4, -0.2) is 27.5 Å². The number of benzene rings is 1. The molecule has 0 aliphatic rings. The average molecular weight is 362 g/mol. The van der Waals surface area contributed by atoms with Crippen LogP contribution >= 0.6 is 23.2 Å². The van der Waals surface area contributed by atoms with Gasteiger partial charge in [0.1, 0.15) is 17.3 Å². The third-order valence-electron chi connectivity index (χ3n) is 3.52. The van der Waals surface area contributed by atoms with Crippen molar-refractivity contribution >= 4 is 51.5 Å². The Morgan fingerprint density at radius 3 is 2.75 bits per heavy atom. The fraction of sp³-hybridized carbons (Fsp3) is 0.118. The Bertz CT molecular complexity index is 950. The van der Waals surface area contributed by atoms with E-state index in [2.05, 4.69) is 15.3 Å². The second-order valence-electron chi connectivity index (χ2n) is 5.29. The molecule has 2 heterocycles. The fourth-order valence-corrected chi connectivity index (χ4v) is 2.67. The number of carbonyl (C=O) groups excluding carboxylic acids is 2. The molecule has 0 radical (unpaired) electrons. The predicted octanol–water partition coefficient (Wildman–Crippen LogP) is 3.93. The maximum Gasteiger partial charge on any atom is 0.239 e. The zero-order valence-electron chi connectivity index (χ0n) is 12.7. The van der Waals surface area contributed by atoms with Crippen molar-refractivity contribution in [2.45, 2.75) is 6.92 Å². The highest BCUT2D eigenvalue weighted by atomic mass is 35.5. The third kappa shape index (κ3) is 3.13. The molecule has 5 nitrogen and oxygen atoms in total. The first-order chi connectivity index (χ1) is 11.5. The van der Waals surface area contributed by atoms with E-state index in [9.17, 15) is 9.59 Å². The van der Waals surface area contributed by atoms with Crippen LogP contribution in [-0.2, 0) is 4.79 Å². The number of amides is 1. The number of aromatic nitrogens is 2. The molecule has 0 atom stereocenters. The van der Waals surface area contributed by atoms with Gasteiger partial charge in [-0.05, 0) is 42.8 Å². The topological polar surface area (TPSA) is 74.8 Å². The van der Waals surface area contributed by atoms with Crippen LogP contribution in [0.1, 0.15) is 21.7 Å². The number of carbonyl (C=O) groups is 2. The standard InChI is InChI=1S/C17H13Cl2N3O2/c1-9-4-5-20-13(6-9)17(24)16-15(22-14(23)8-18)11-3-2-10(19)7-12(11)21-16/h2-7,21H,8H2,1H3,(H,22,23). The van der Waals surface area contributed by atoms with Gasteiger partial charge in [0.25, 0.3) is 0 Å². The largest absolute Gasteiger partial charge is 0.350 e. The second kappa shape index (κ2) is 6.63. The molecule has 2 aromatic heterocycles. The van der Waals surface area contributed by atoms with Gasteiger partial charge in [-0.2, -0.15) is 0 Å². The van der Waals surface area contributed by atoms with Crippen LogP contribution < -0.4 is 5.32 Å². The third-order valence-corrected chi connectivity index (χ3v) is 4.00. The minimum atomic E-state index is -0.404. The minimum Gasteiger partial charge on any atom is -0.350 e. The Morgan fingerprint density at radius 1 is 1.25 bits per heavy atom.